The van der Waals surface area contributed by atoms with Gasteiger partial charge in [-0.1, -0.05) is 0 Å². The summed E-state index contributed by atoms with van der Waals surface area (Å²) < 4.78 is 0. The Hall–Kier alpha value is -2.05. The predicted molar refractivity (Wildman–Crippen MR) is 57.0 cm³/mol. The summed E-state index contributed by atoms with van der Waals surface area (Å²) in [6, 6.07) is -0.462. The summed E-state index contributed by atoms with van der Waals surface area (Å²) in [5.74, 6) is -0.962. The summed E-state index contributed by atoms with van der Waals surface area (Å²) in [6.45, 7) is 3.12. The number of aromatic amines is 1. The van der Waals surface area contributed by atoms with Crippen LogP contribution in [0.15, 0.2) is 12.4 Å². The van der Waals surface area contributed by atoms with E-state index in [-0.39, 0.29) is 6.54 Å². The van der Waals surface area contributed by atoms with Crippen LogP contribution in [0.2, 0.25) is 0 Å². The fourth-order valence-corrected chi connectivity index (χ4v) is 0.871. The van der Waals surface area contributed by atoms with Crippen LogP contribution in [0, 0.1) is 5.41 Å². The van der Waals surface area contributed by atoms with Gasteiger partial charge >= 0.3 is 12.0 Å². The number of H-pyrrole nitrogens is 1. The summed E-state index contributed by atoms with van der Waals surface area (Å²) in [5.41, 5.74) is -0.473. The molecule has 0 aromatic carbocycles. The van der Waals surface area contributed by atoms with Crippen molar-refractivity contribution in [3.63, 3.8) is 0 Å². The molecule has 0 spiro atoms. The number of urea groups is 1. The van der Waals surface area contributed by atoms with E-state index in [1.807, 2.05) is 0 Å². The molecule has 4 N–H and O–H groups in total. The average Bonchev–Trinajstić information content (AvgIpc) is 2.67. The Morgan fingerprint density at radius 1 is 1.56 bits per heavy atom. The molecular weight excluding hydrogens is 212 g/mol. The largest absolute Gasteiger partial charge is 0.481 e. The first-order valence-corrected chi connectivity index (χ1v) is 4.69. The molecule has 2 amide bonds. The van der Waals surface area contributed by atoms with E-state index >= 15 is 0 Å². The predicted octanol–water partition coefficient (Wildman–Crippen LogP) is 0.642. The molecule has 1 aromatic rings. The second-order valence-electron chi connectivity index (χ2n) is 3.98. The quantitative estimate of drug-likeness (QED) is 0.604. The fourth-order valence-electron chi connectivity index (χ4n) is 0.871. The van der Waals surface area contributed by atoms with Crippen LogP contribution in [0.3, 0.4) is 0 Å². The number of aromatic nitrogens is 2. The summed E-state index contributed by atoms with van der Waals surface area (Å²) in [6.07, 6.45) is 2.96. The van der Waals surface area contributed by atoms with Crippen molar-refractivity contribution in [2.45, 2.75) is 13.8 Å². The highest BCUT2D eigenvalue weighted by Gasteiger charge is 2.27. The van der Waals surface area contributed by atoms with Crippen LogP contribution >= 0.6 is 0 Å². The Bertz CT molecular complexity index is 372. The lowest BCUT2D eigenvalue weighted by Crippen LogP contribution is -2.40. The van der Waals surface area contributed by atoms with Crippen molar-refractivity contribution in [3.8, 4) is 0 Å². The monoisotopic (exact) mass is 226 g/mol. The van der Waals surface area contributed by atoms with Gasteiger partial charge in [-0.25, -0.2) is 4.79 Å². The third kappa shape index (κ3) is 3.26. The SMILES string of the molecule is CC(C)(CNC(=O)Nc1cn[nH]c1)C(=O)O. The normalized spacial score (nSPS) is 10.9. The summed E-state index contributed by atoms with van der Waals surface area (Å²) in [7, 11) is 0. The minimum absolute atomic E-state index is 0.0476. The number of carboxylic acids is 1. The van der Waals surface area contributed by atoms with Crippen molar-refractivity contribution >= 4 is 17.7 Å². The van der Waals surface area contributed by atoms with Gasteiger partial charge in [0.25, 0.3) is 0 Å². The molecule has 0 aliphatic carbocycles. The Balaban J connectivity index is 2.39. The second kappa shape index (κ2) is 4.65. The van der Waals surface area contributed by atoms with Gasteiger partial charge in [0.1, 0.15) is 0 Å². The first-order valence-electron chi connectivity index (χ1n) is 4.69. The van der Waals surface area contributed by atoms with E-state index in [9.17, 15) is 9.59 Å². The molecule has 7 heteroatoms. The third-order valence-corrected chi connectivity index (χ3v) is 2.03. The summed E-state index contributed by atoms with van der Waals surface area (Å²) in [5, 5.41) is 20.0. The van der Waals surface area contributed by atoms with Crippen molar-refractivity contribution < 1.29 is 14.7 Å². The molecule has 7 nitrogen and oxygen atoms in total. The molecule has 0 unspecified atom stereocenters. The minimum Gasteiger partial charge on any atom is -0.481 e. The van der Waals surface area contributed by atoms with Crippen molar-refractivity contribution in [2.24, 2.45) is 5.41 Å². The number of aliphatic carboxylic acids is 1. The maximum absolute atomic E-state index is 11.3. The Labute approximate surface area is 92.2 Å². The van der Waals surface area contributed by atoms with Crippen LogP contribution < -0.4 is 10.6 Å². The second-order valence-corrected chi connectivity index (χ2v) is 3.98. The molecule has 16 heavy (non-hydrogen) atoms. The number of hydrogen-bond acceptors (Lipinski definition) is 3. The van der Waals surface area contributed by atoms with Crippen LogP contribution in [-0.2, 0) is 4.79 Å². The van der Waals surface area contributed by atoms with Crippen molar-refractivity contribution in [1.82, 2.24) is 15.5 Å². The molecule has 0 saturated carbocycles. The van der Waals surface area contributed by atoms with E-state index in [4.69, 9.17) is 5.11 Å². The summed E-state index contributed by atoms with van der Waals surface area (Å²) >= 11 is 0. The topological polar surface area (TPSA) is 107 Å². The van der Waals surface area contributed by atoms with Gasteiger partial charge in [0.2, 0.25) is 0 Å². The van der Waals surface area contributed by atoms with Gasteiger partial charge in [0, 0.05) is 12.7 Å². The van der Waals surface area contributed by atoms with Crippen molar-refractivity contribution in [3.05, 3.63) is 12.4 Å². The molecular formula is C9H14N4O3. The van der Waals surface area contributed by atoms with E-state index < -0.39 is 17.4 Å². The lowest BCUT2D eigenvalue weighted by molar-refractivity contribution is -0.146. The molecule has 0 radical (unpaired) electrons. The number of nitrogens with zero attached hydrogens (tertiary/aromatic N) is 1. The highest BCUT2D eigenvalue weighted by Crippen LogP contribution is 2.13. The van der Waals surface area contributed by atoms with E-state index in [2.05, 4.69) is 20.8 Å². The van der Waals surface area contributed by atoms with Crippen LogP contribution in [-0.4, -0.2) is 33.8 Å². The van der Waals surface area contributed by atoms with Crippen LogP contribution in [0.5, 0.6) is 0 Å². The zero-order chi connectivity index (χ0) is 12.2. The van der Waals surface area contributed by atoms with Crippen molar-refractivity contribution in [2.75, 3.05) is 11.9 Å². The molecule has 1 rings (SSSR count). The number of anilines is 1. The van der Waals surface area contributed by atoms with Crippen LogP contribution in [0.4, 0.5) is 10.5 Å². The molecule has 88 valence electrons. The average molecular weight is 226 g/mol. The molecule has 0 fully saturated rings. The smallest absolute Gasteiger partial charge is 0.319 e. The van der Waals surface area contributed by atoms with E-state index in [0.29, 0.717) is 5.69 Å². The Kier molecular flexibility index (Phi) is 3.49. The number of nitrogens with one attached hydrogen (secondary N) is 3. The Morgan fingerprint density at radius 2 is 2.25 bits per heavy atom. The van der Waals surface area contributed by atoms with Crippen molar-refractivity contribution in [1.29, 1.82) is 0 Å². The molecule has 0 aliphatic heterocycles. The number of rotatable bonds is 4. The highest BCUT2D eigenvalue weighted by molar-refractivity contribution is 5.89. The zero-order valence-electron chi connectivity index (χ0n) is 9.07. The maximum Gasteiger partial charge on any atom is 0.319 e. The lowest BCUT2D eigenvalue weighted by atomic mass is 9.94. The number of carbonyl (C=O) groups excluding carboxylic acids is 1. The Morgan fingerprint density at radius 3 is 2.75 bits per heavy atom. The van der Waals surface area contributed by atoms with Crippen LogP contribution in [0.1, 0.15) is 13.8 Å². The molecule has 0 bridgehead atoms. The molecule has 0 atom stereocenters. The molecule has 1 aromatic heterocycles. The maximum atomic E-state index is 11.3. The van der Waals surface area contributed by atoms with E-state index in [0.717, 1.165) is 0 Å². The summed E-state index contributed by atoms with van der Waals surface area (Å²) in [4.78, 5) is 22.1. The van der Waals surface area contributed by atoms with Crippen LogP contribution in [0.25, 0.3) is 0 Å². The number of amides is 2. The number of carbonyl (C=O) groups is 2. The fraction of sp³-hybridized carbons (Fsp3) is 0.444. The first kappa shape index (κ1) is 12.0. The highest BCUT2D eigenvalue weighted by atomic mass is 16.4. The first-order chi connectivity index (χ1) is 7.42. The van der Waals surface area contributed by atoms with Gasteiger partial charge in [-0.15, -0.1) is 0 Å². The molecule has 0 aliphatic rings. The standard InChI is InChI=1S/C9H14N4O3/c1-9(2,7(14)15)5-10-8(16)13-6-3-11-12-4-6/h3-4H,5H2,1-2H3,(H,11,12)(H,14,15)(H2,10,13,16). The molecule has 0 saturated heterocycles. The minimum atomic E-state index is -0.992. The molecule has 1 heterocycles. The third-order valence-electron chi connectivity index (χ3n) is 2.03. The van der Waals surface area contributed by atoms with E-state index in [1.165, 1.54) is 26.2 Å². The van der Waals surface area contributed by atoms with Gasteiger partial charge in [0.15, 0.2) is 0 Å². The van der Waals surface area contributed by atoms with Gasteiger partial charge in [-0.05, 0) is 13.8 Å². The number of carboxylic acid groups (broad SMARTS) is 1. The van der Waals surface area contributed by atoms with E-state index in [1.54, 1.807) is 0 Å². The lowest BCUT2D eigenvalue weighted by Gasteiger charge is -2.19. The van der Waals surface area contributed by atoms with Gasteiger partial charge < -0.3 is 15.7 Å². The van der Waals surface area contributed by atoms with Gasteiger partial charge in [-0.2, -0.15) is 5.10 Å². The van der Waals surface area contributed by atoms with Gasteiger partial charge in [0.05, 0.1) is 17.3 Å². The zero-order valence-corrected chi connectivity index (χ0v) is 9.07. The number of hydrogen-bond donors (Lipinski definition) is 4. The van der Waals surface area contributed by atoms with Gasteiger partial charge in [-0.3, -0.25) is 9.89 Å².